The second-order valence-corrected chi connectivity index (χ2v) is 4.18. The Balaban J connectivity index is 3.70. The van der Waals surface area contributed by atoms with Crippen LogP contribution in [0.2, 0.25) is 0 Å². The molecule has 0 aromatic rings. The Kier molecular flexibility index (Phi) is 6.09. The van der Waals surface area contributed by atoms with Gasteiger partial charge in [0.1, 0.15) is 0 Å². The first-order valence-corrected chi connectivity index (χ1v) is 4.92. The molecule has 0 saturated carbocycles. The maximum atomic E-state index is 3.77. The third-order valence-corrected chi connectivity index (χ3v) is 2.01. The van der Waals surface area contributed by atoms with Gasteiger partial charge in [-0.3, -0.25) is 0 Å². The summed E-state index contributed by atoms with van der Waals surface area (Å²) in [6, 6.07) is 0.602. The van der Waals surface area contributed by atoms with Crippen LogP contribution in [0.25, 0.3) is 0 Å². The summed E-state index contributed by atoms with van der Waals surface area (Å²) in [5.74, 6) is 1.43. The van der Waals surface area contributed by atoms with Crippen molar-refractivity contribution in [2.75, 3.05) is 6.54 Å². The molecule has 0 radical (unpaired) electrons. The molecular formula is C11H23N. The van der Waals surface area contributed by atoms with Crippen molar-refractivity contribution in [1.29, 1.82) is 0 Å². The Bertz CT molecular complexity index is 116. The fourth-order valence-electron chi connectivity index (χ4n) is 1.16. The molecule has 0 fully saturated rings. The zero-order valence-corrected chi connectivity index (χ0v) is 8.93. The zero-order valence-electron chi connectivity index (χ0n) is 8.93. The molecule has 1 nitrogen and oxygen atoms in total. The molecule has 0 rings (SSSR count). The summed E-state index contributed by atoms with van der Waals surface area (Å²) in [5.41, 5.74) is 0. The van der Waals surface area contributed by atoms with Crippen molar-refractivity contribution in [2.45, 2.75) is 40.2 Å². The first kappa shape index (κ1) is 11.7. The van der Waals surface area contributed by atoms with Crippen LogP contribution >= 0.6 is 0 Å². The molecule has 0 aliphatic rings. The number of nitrogens with one attached hydrogen (secondary N) is 1. The number of hydrogen-bond acceptors (Lipinski definition) is 1. The first-order valence-electron chi connectivity index (χ1n) is 4.92. The minimum absolute atomic E-state index is 0.602. The van der Waals surface area contributed by atoms with Crippen LogP contribution in [0, 0.1) is 11.8 Å². The second kappa shape index (κ2) is 6.24. The summed E-state index contributed by atoms with van der Waals surface area (Å²) >= 11 is 0. The highest BCUT2D eigenvalue weighted by molar-refractivity contribution is 4.80. The minimum Gasteiger partial charge on any atom is -0.313 e. The Morgan fingerprint density at radius 1 is 1.25 bits per heavy atom. The van der Waals surface area contributed by atoms with Gasteiger partial charge in [-0.05, 0) is 24.8 Å². The average Bonchev–Trinajstić information content (AvgIpc) is 1.96. The van der Waals surface area contributed by atoms with Crippen molar-refractivity contribution in [3.05, 3.63) is 12.7 Å². The monoisotopic (exact) mass is 169 g/mol. The van der Waals surface area contributed by atoms with Gasteiger partial charge in [0.25, 0.3) is 0 Å². The molecule has 0 bridgehead atoms. The predicted molar refractivity (Wildman–Crippen MR) is 56.3 cm³/mol. The molecule has 72 valence electrons. The molecular weight excluding hydrogens is 146 g/mol. The molecule has 1 N–H and O–H groups in total. The lowest BCUT2D eigenvalue weighted by Gasteiger charge is -2.22. The summed E-state index contributed by atoms with van der Waals surface area (Å²) in [7, 11) is 0. The van der Waals surface area contributed by atoms with E-state index in [0.29, 0.717) is 12.0 Å². The van der Waals surface area contributed by atoms with E-state index in [-0.39, 0.29) is 0 Å². The van der Waals surface area contributed by atoms with Crippen LogP contribution in [-0.2, 0) is 0 Å². The fraction of sp³-hybridized carbons (Fsp3) is 0.818. The van der Waals surface area contributed by atoms with Gasteiger partial charge in [0.2, 0.25) is 0 Å². The number of rotatable bonds is 6. The largest absolute Gasteiger partial charge is 0.313 e. The first-order chi connectivity index (χ1) is 5.57. The topological polar surface area (TPSA) is 12.0 Å². The molecule has 0 aromatic heterocycles. The zero-order chi connectivity index (χ0) is 9.56. The Hall–Kier alpha value is -0.300. The smallest absolute Gasteiger partial charge is 0.0125 e. The normalized spacial score (nSPS) is 13.8. The summed E-state index contributed by atoms with van der Waals surface area (Å²) < 4.78 is 0. The van der Waals surface area contributed by atoms with Gasteiger partial charge in [0.15, 0.2) is 0 Å². The summed E-state index contributed by atoms with van der Waals surface area (Å²) in [6.07, 6.45) is 3.07. The van der Waals surface area contributed by atoms with Crippen molar-refractivity contribution < 1.29 is 0 Å². The molecule has 12 heavy (non-hydrogen) atoms. The molecule has 0 spiro atoms. The summed E-state index contributed by atoms with van der Waals surface area (Å²) in [4.78, 5) is 0. The minimum atomic E-state index is 0.602. The molecule has 0 amide bonds. The second-order valence-electron chi connectivity index (χ2n) is 4.18. The SMILES string of the molecule is C=CCC(NCC(C)C)C(C)C. The van der Waals surface area contributed by atoms with E-state index in [4.69, 9.17) is 0 Å². The van der Waals surface area contributed by atoms with E-state index < -0.39 is 0 Å². The highest BCUT2D eigenvalue weighted by Crippen LogP contribution is 2.06. The lowest BCUT2D eigenvalue weighted by atomic mass is 10.0. The maximum absolute atomic E-state index is 3.77. The van der Waals surface area contributed by atoms with Gasteiger partial charge in [-0.15, -0.1) is 6.58 Å². The van der Waals surface area contributed by atoms with Crippen LogP contribution in [0.15, 0.2) is 12.7 Å². The third-order valence-electron chi connectivity index (χ3n) is 2.01. The molecule has 0 aliphatic heterocycles. The average molecular weight is 169 g/mol. The molecule has 0 saturated heterocycles. The van der Waals surface area contributed by atoms with E-state index in [0.717, 1.165) is 18.9 Å². The fourth-order valence-corrected chi connectivity index (χ4v) is 1.16. The molecule has 1 heteroatoms. The van der Waals surface area contributed by atoms with Gasteiger partial charge in [0.05, 0.1) is 0 Å². The Morgan fingerprint density at radius 2 is 1.83 bits per heavy atom. The number of hydrogen-bond donors (Lipinski definition) is 1. The van der Waals surface area contributed by atoms with E-state index in [1.165, 1.54) is 0 Å². The van der Waals surface area contributed by atoms with Crippen molar-refractivity contribution in [1.82, 2.24) is 5.32 Å². The van der Waals surface area contributed by atoms with Crippen LogP contribution in [-0.4, -0.2) is 12.6 Å². The standard InChI is InChI=1S/C11H23N/c1-6-7-11(10(4)5)12-8-9(2)3/h6,9-12H,1,7-8H2,2-5H3. The van der Waals surface area contributed by atoms with Crippen LogP contribution < -0.4 is 5.32 Å². The van der Waals surface area contributed by atoms with Gasteiger partial charge in [0, 0.05) is 6.04 Å². The van der Waals surface area contributed by atoms with E-state index in [2.05, 4.69) is 39.6 Å². The highest BCUT2D eigenvalue weighted by Gasteiger charge is 2.10. The third kappa shape index (κ3) is 5.36. The Morgan fingerprint density at radius 3 is 2.17 bits per heavy atom. The van der Waals surface area contributed by atoms with Crippen molar-refractivity contribution >= 4 is 0 Å². The van der Waals surface area contributed by atoms with E-state index >= 15 is 0 Å². The summed E-state index contributed by atoms with van der Waals surface area (Å²) in [6.45, 7) is 13.8. The highest BCUT2D eigenvalue weighted by atomic mass is 14.9. The molecule has 1 unspecified atom stereocenters. The van der Waals surface area contributed by atoms with Crippen molar-refractivity contribution in [3.63, 3.8) is 0 Å². The van der Waals surface area contributed by atoms with E-state index in [1.807, 2.05) is 6.08 Å². The van der Waals surface area contributed by atoms with Gasteiger partial charge < -0.3 is 5.32 Å². The molecule has 0 heterocycles. The van der Waals surface area contributed by atoms with Crippen molar-refractivity contribution in [2.24, 2.45) is 11.8 Å². The van der Waals surface area contributed by atoms with Crippen LogP contribution in [0.4, 0.5) is 0 Å². The van der Waals surface area contributed by atoms with E-state index in [1.54, 1.807) is 0 Å². The van der Waals surface area contributed by atoms with Gasteiger partial charge in [-0.1, -0.05) is 33.8 Å². The molecule has 0 aromatic carbocycles. The van der Waals surface area contributed by atoms with Gasteiger partial charge in [-0.25, -0.2) is 0 Å². The maximum Gasteiger partial charge on any atom is 0.0125 e. The van der Waals surface area contributed by atoms with Crippen molar-refractivity contribution in [3.8, 4) is 0 Å². The van der Waals surface area contributed by atoms with Crippen LogP contribution in [0.5, 0.6) is 0 Å². The quantitative estimate of drug-likeness (QED) is 0.603. The van der Waals surface area contributed by atoms with Gasteiger partial charge >= 0.3 is 0 Å². The predicted octanol–water partition coefficient (Wildman–Crippen LogP) is 2.83. The lowest BCUT2D eigenvalue weighted by Crippen LogP contribution is -2.35. The van der Waals surface area contributed by atoms with Gasteiger partial charge in [-0.2, -0.15) is 0 Å². The Labute approximate surface area is 77.2 Å². The lowest BCUT2D eigenvalue weighted by molar-refractivity contribution is 0.380. The van der Waals surface area contributed by atoms with E-state index in [9.17, 15) is 0 Å². The molecule has 0 aliphatic carbocycles. The van der Waals surface area contributed by atoms with Crippen LogP contribution in [0.3, 0.4) is 0 Å². The summed E-state index contributed by atoms with van der Waals surface area (Å²) in [5, 5.41) is 3.55. The molecule has 1 atom stereocenters. The van der Waals surface area contributed by atoms with Crippen LogP contribution in [0.1, 0.15) is 34.1 Å².